The van der Waals surface area contributed by atoms with Crippen molar-refractivity contribution in [2.45, 2.75) is 77.3 Å². The third kappa shape index (κ3) is 4.24. The fourth-order valence-electron chi connectivity index (χ4n) is 3.50. The summed E-state index contributed by atoms with van der Waals surface area (Å²) in [5.74, 6) is 1.04. The average molecular weight is 252 g/mol. The highest BCUT2D eigenvalue weighted by atomic mass is 15.2. The Bertz CT molecular complexity index is 219. The van der Waals surface area contributed by atoms with Crippen molar-refractivity contribution in [1.82, 2.24) is 10.2 Å². The van der Waals surface area contributed by atoms with Gasteiger partial charge in [0.05, 0.1) is 0 Å². The van der Waals surface area contributed by atoms with Gasteiger partial charge in [-0.05, 0) is 51.6 Å². The zero-order chi connectivity index (χ0) is 12.8. The van der Waals surface area contributed by atoms with E-state index < -0.39 is 0 Å². The van der Waals surface area contributed by atoms with E-state index in [9.17, 15) is 0 Å². The molecule has 1 saturated carbocycles. The second kappa shape index (κ2) is 7.49. The lowest BCUT2D eigenvalue weighted by molar-refractivity contribution is 0.135. The minimum absolute atomic E-state index is 0.758. The van der Waals surface area contributed by atoms with Gasteiger partial charge in [0.25, 0.3) is 0 Å². The third-order valence-electron chi connectivity index (χ3n) is 4.90. The molecule has 0 radical (unpaired) electrons. The van der Waals surface area contributed by atoms with Crippen LogP contribution in [0.2, 0.25) is 0 Å². The van der Waals surface area contributed by atoms with Gasteiger partial charge >= 0.3 is 0 Å². The van der Waals surface area contributed by atoms with Crippen molar-refractivity contribution >= 4 is 0 Å². The molecule has 0 amide bonds. The highest BCUT2D eigenvalue weighted by molar-refractivity contribution is 4.81. The lowest BCUT2D eigenvalue weighted by Crippen LogP contribution is -2.47. The molecule has 0 spiro atoms. The molecule has 2 atom stereocenters. The Morgan fingerprint density at radius 1 is 1.17 bits per heavy atom. The Morgan fingerprint density at radius 3 is 2.56 bits per heavy atom. The molecule has 2 fully saturated rings. The van der Waals surface area contributed by atoms with E-state index >= 15 is 0 Å². The molecule has 1 heterocycles. The molecule has 1 aliphatic carbocycles. The van der Waals surface area contributed by atoms with E-state index in [-0.39, 0.29) is 0 Å². The van der Waals surface area contributed by atoms with Crippen LogP contribution in [0.4, 0.5) is 0 Å². The van der Waals surface area contributed by atoms with E-state index in [1.807, 2.05) is 0 Å². The van der Waals surface area contributed by atoms with Crippen molar-refractivity contribution < 1.29 is 0 Å². The van der Waals surface area contributed by atoms with Crippen LogP contribution in [0.15, 0.2) is 0 Å². The van der Waals surface area contributed by atoms with Crippen molar-refractivity contribution in [3.8, 4) is 0 Å². The smallest absolute Gasteiger partial charge is 0.0195 e. The van der Waals surface area contributed by atoms with Crippen LogP contribution < -0.4 is 5.32 Å². The Balaban J connectivity index is 1.76. The van der Waals surface area contributed by atoms with E-state index in [0.29, 0.717) is 0 Å². The van der Waals surface area contributed by atoms with Crippen LogP contribution in [0.3, 0.4) is 0 Å². The molecule has 1 aliphatic heterocycles. The number of rotatable bonds is 7. The number of hydrogen-bond donors (Lipinski definition) is 1. The van der Waals surface area contributed by atoms with Crippen LogP contribution in [0.25, 0.3) is 0 Å². The van der Waals surface area contributed by atoms with Gasteiger partial charge in [-0.1, -0.05) is 32.6 Å². The van der Waals surface area contributed by atoms with Crippen LogP contribution in [0.1, 0.15) is 65.2 Å². The molecule has 2 heteroatoms. The summed E-state index contributed by atoms with van der Waals surface area (Å²) in [6, 6.07) is 1.55. The fraction of sp³-hybridized carbons (Fsp3) is 1.00. The molecular formula is C16H32N2. The molecule has 2 unspecified atom stereocenters. The second-order valence-corrected chi connectivity index (χ2v) is 6.52. The maximum Gasteiger partial charge on any atom is 0.0195 e. The van der Waals surface area contributed by atoms with Crippen molar-refractivity contribution in [2.24, 2.45) is 5.92 Å². The van der Waals surface area contributed by atoms with E-state index in [4.69, 9.17) is 0 Å². The van der Waals surface area contributed by atoms with Crippen LogP contribution in [0, 0.1) is 5.92 Å². The van der Waals surface area contributed by atoms with E-state index in [2.05, 4.69) is 24.1 Å². The standard InChI is InChI=1S/C16H32N2/c1-3-11-18(13-16-9-4-5-10-17-16)14(2)12-15-7-6-8-15/h14-17H,3-13H2,1-2H3. The summed E-state index contributed by atoms with van der Waals surface area (Å²) >= 11 is 0. The Labute approximate surface area is 114 Å². The number of piperidine rings is 1. The predicted molar refractivity (Wildman–Crippen MR) is 78.9 cm³/mol. The van der Waals surface area contributed by atoms with Crippen LogP contribution in [-0.4, -0.2) is 36.6 Å². The molecule has 0 aromatic rings. The Kier molecular flexibility index (Phi) is 5.97. The minimum Gasteiger partial charge on any atom is -0.313 e. The highest BCUT2D eigenvalue weighted by Crippen LogP contribution is 2.31. The van der Waals surface area contributed by atoms with Crippen molar-refractivity contribution in [1.29, 1.82) is 0 Å². The van der Waals surface area contributed by atoms with Gasteiger partial charge in [-0.3, -0.25) is 4.90 Å². The Morgan fingerprint density at radius 2 is 2.00 bits per heavy atom. The number of hydrogen-bond acceptors (Lipinski definition) is 2. The summed E-state index contributed by atoms with van der Waals surface area (Å²) in [6.45, 7) is 8.57. The van der Waals surface area contributed by atoms with Crippen LogP contribution in [0.5, 0.6) is 0 Å². The average Bonchev–Trinajstić information content (AvgIpc) is 2.34. The SMILES string of the molecule is CCCN(CC1CCCCN1)C(C)CC1CCC1. The predicted octanol–water partition coefficient (Wildman–Crippen LogP) is 3.42. The third-order valence-corrected chi connectivity index (χ3v) is 4.90. The van der Waals surface area contributed by atoms with Crippen molar-refractivity contribution in [2.75, 3.05) is 19.6 Å². The fourth-order valence-corrected chi connectivity index (χ4v) is 3.50. The molecule has 2 aliphatic rings. The first-order valence-electron chi connectivity index (χ1n) is 8.27. The van der Waals surface area contributed by atoms with Gasteiger partial charge in [-0.15, -0.1) is 0 Å². The van der Waals surface area contributed by atoms with Crippen molar-refractivity contribution in [3.05, 3.63) is 0 Å². The second-order valence-electron chi connectivity index (χ2n) is 6.52. The highest BCUT2D eigenvalue weighted by Gasteiger charge is 2.25. The first-order chi connectivity index (χ1) is 8.79. The summed E-state index contributed by atoms with van der Waals surface area (Å²) in [4.78, 5) is 2.75. The molecule has 18 heavy (non-hydrogen) atoms. The molecular weight excluding hydrogens is 220 g/mol. The molecule has 0 bridgehead atoms. The van der Waals surface area contributed by atoms with Crippen molar-refractivity contribution in [3.63, 3.8) is 0 Å². The van der Waals surface area contributed by atoms with Crippen LogP contribution >= 0.6 is 0 Å². The first kappa shape index (κ1) is 14.3. The zero-order valence-corrected chi connectivity index (χ0v) is 12.5. The number of nitrogens with zero attached hydrogens (tertiary/aromatic N) is 1. The number of nitrogens with one attached hydrogen (secondary N) is 1. The molecule has 2 nitrogen and oxygen atoms in total. The lowest BCUT2D eigenvalue weighted by Gasteiger charge is -2.37. The minimum atomic E-state index is 0.758. The Hall–Kier alpha value is -0.0800. The summed E-state index contributed by atoms with van der Waals surface area (Å²) < 4.78 is 0. The van der Waals surface area contributed by atoms with E-state index in [0.717, 1.165) is 18.0 Å². The lowest BCUT2D eigenvalue weighted by atomic mass is 9.81. The van der Waals surface area contributed by atoms with Gasteiger partial charge in [-0.25, -0.2) is 0 Å². The van der Waals surface area contributed by atoms with Gasteiger partial charge in [0.15, 0.2) is 0 Å². The molecule has 0 aromatic heterocycles. The van der Waals surface area contributed by atoms with Gasteiger partial charge in [0.2, 0.25) is 0 Å². The van der Waals surface area contributed by atoms with Crippen LogP contribution in [-0.2, 0) is 0 Å². The molecule has 1 N–H and O–H groups in total. The van der Waals surface area contributed by atoms with Gasteiger partial charge in [0, 0.05) is 18.6 Å². The van der Waals surface area contributed by atoms with Gasteiger partial charge in [0.1, 0.15) is 0 Å². The molecule has 0 aromatic carbocycles. The summed E-state index contributed by atoms with van der Waals surface area (Å²) in [5, 5.41) is 3.70. The quantitative estimate of drug-likeness (QED) is 0.747. The summed E-state index contributed by atoms with van der Waals surface area (Å²) in [6.07, 6.45) is 11.4. The topological polar surface area (TPSA) is 15.3 Å². The summed E-state index contributed by atoms with van der Waals surface area (Å²) in [7, 11) is 0. The largest absolute Gasteiger partial charge is 0.313 e. The van der Waals surface area contributed by atoms with Gasteiger partial charge < -0.3 is 5.32 Å². The maximum atomic E-state index is 3.70. The molecule has 106 valence electrons. The monoisotopic (exact) mass is 252 g/mol. The zero-order valence-electron chi connectivity index (χ0n) is 12.5. The summed E-state index contributed by atoms with van der Waals surface area (Å²) in [5.41, 5.74) is 0. The molecule has 1 saturated heterocycles. The first-order valence-corrected chi connectivity index (χ1v) is 8.27. The van der Waals surface area contributed by atoms with Gasteiger partial charge in [-0.2, -0.15) is 0 Å². The normalized spacial score (nSPS) is 27.2. The maximum absolute atomic E-state index is 3.70. The molecule has 2 rings (SSSR count). The van der Waals surface area contributed by atoms with E-state index in [1.165, 1.54) is 71.0 Å². The van der Waals surface area contributed by atoms with E-state index in [1.54, 1.807) is 0 Å².